The lowest BCUT2D eigenvalue weighted by Crippen LogP contribution is -2.32. The summed E-state index contributed by atoms with van der Waals surface area (Å²) in [6.45, 7) is 2.02. The van der Waals surface area contributed by atoms with Crippen LogP contribution in [0.4, 0.5) is 4.39 Å². The van der Waals surface area contributed by atoms with Crippen LogP contribution in [-0.4, -0.2) is 33.1 Å². The number of amides is 2. The summed E-state index contributed by atoms with van der Waals surface area (Å²) in [5.74, 6) is -1.14. The highest BCUT2D eigenvalue weighted by Crippen LogP contribution is 2.18. The molecule has 3 rings (SSSR count). The molecule has 0 aliphatic carbocycles. The molecule has 150 valence electrons. The van der Waals surface area contributed by atoms with Crippen molar-refractivity contribution in [3.8, 4) is 5.69 Å². The van der Waals surface area contributed by atoms with Crippen molar-refractivity contribution in [2.75, 3.05) is 6.54 Å². The molecule has 0 aliphatic heterocycles. The number of nitrogens with one attached hydrogen (secondary N) is 2. The van der Waals surface area contributed by atoms with E-state index in [1.54, 1.807) is 11.0 Å². The van der Waals surface area contributed by atoms with E-state index in [0.29, 0.717) is 4.47 Å². The van der Waals surface area contributed by atoms with E-state index in [1.807, 2.05) is 31.2 Å². The van der Waals surface area contributed by atoms with Gasteiger partial charge in [-0.3, -0.25) is 9.59 Å². The number of carbonyl (C=O) groups is 2. The molecule has 9 heteroatoms. The minimum Gasteiger partial charge on any atom is -0.351 e. The van der Waals surface area contributed by atoms with Crippen LogP contribution >= 0.6 is 15.9 Å². The Balaban J connectivity index is 1.47. The second kappa shape index (κ2) is 9.42. The van der Waals surface area contributed by atoms with Crippen LogP contribution in [0.25, 0.3) is 5.69 Å². The van der Waals surface area contributed by atoms with Crippen molar-refractivity contribution in [1.82, 2.24) is 25.4 Å². The highest BCUT2D eigenvalue weighted by Gasteiger charge is 2.13. The molecule has 1 aromatic heterocycles. The summed E-state index contributed by atoms with van der Waals surface area (Å²) in [5, 5.41) is 9.58. The van der Waals surface area contributed by atoms with Crippen LogP contribution in [0, 0.1) is 5.82 Å². The highest BCUT2D eigenvalue weighted by atomic mass is 79.9. The Hall–Kier alpha value is -3.07. The van der Waals surface area contributed by atoms with Crippen LogP contribution in [0.1, 0.15) is 35.3 Å². The average Bonchev–Trinajstić information content (AvgIpc) is 3.24. The zero-order chi connectivity index (χ0) is 20.8. The molecule has 1 atom stereocenters. The summed E-state index contributed by atoms with van der Waals surface area (Å²) in [4.78, 5) is 28.2. The van der Waals surface area contributed by atoms with Gasteiger partial charge in [-0.1, -0.05) is 12.1 Å². The van der Waals surface area contributed by atoms with Gasteiger partial charge in [0.05, 0.1) is 17.3 Å². The molecular weight excluding hydrogens is 441 g/mol. The summed E-state index contributed by atoms with van der Waals surface area (Å²) in [7, 11) is 0. The molecule has 0 bridgehead atoms. The summed E-state index contributed by atoms with van der Waals surface area (Å²) >= 11 is 3.21. The van der Waals surface area contributed by atoms with Crippen molar-refractivity contribution in [2.45, 2.75) is 19.4 Å². The standard InChI is InChI=1S/C20H19BrFN5O2/c1-13(14-2-5-16(6-3-14)27-12-23-11-25-27)26-19(28)8-9-24-20(29)17-10-15(22)4-7-18(17)21/h2-7,10-13H,8-9H2,1H3,(H,24,29)(H,26,28). The van der Waals surface area contributed by atoms with E-state index in [9.17, 15) is 14.0 Å². The monoisotopic (exact) mass is 459 g/mol. The molecule has 0 fully saturated rings. The van der Waals surface area contributed by atoms with Crippen molar-refractivity contribution in [1.29, 1.82) is 0 Å². The number of hydrogen-bond acceptors (Lipinski definition) is 4. The second-order valence-corrected chi connectivity index (χ2v) is 7.21. The maximum atomic E-state index is 13.3. The Kier molecular flexibility index (Phi) is 6.71. The topological polar surface area (TPSA) is 88.9 Å². The molecule has 0 spiro atoms. The number of nitrogens with zero attached hydrogens (tertiary/aromatic N) is 3. The molecule has 7 nitrogen and oxygen atoms in total. The third-order valence-electron chi connectivity index (χ3n) is 4.26. The average molecular weight is 460 g/mol. The molecule has 0 aliphatic rings. The lowest BCUT2D eigenvalue weighted by Gasteiger charge is -2.15. The number of benzene rings is 2. The normalized spacial score (nSPS) is 11.7. The van der Waals surface area contributed by atoms with E-state index in [1.165, 1.54) is 18.5 Å². The SMILES string of the molecule is CC(NC(=O)CCNC(=O)c1cc(F)ccc1Br)c1ccc(-n2cncn2)cc1. The minimum atomic E-state index is -0.500. The summed E-state index contributed by atoms with van der Waals surface area (Å²) in [6, 6.07) is 11.3. The third-order valence-corrected chi connectivity index (χ3v) is 4.96. The molecular formula is C20H19BrFN5O2. The molecule has 3 aromatic rings. The molecule has 29 heavy (non-hydrogen) atoms. The largest absolute Gasteiger partial charge is 0.351 e. The van der Waals surface area contributed by atoms with Gasteiger partial charge in [0, 0.05) is 17.4 Å². The molecule has 2 aromatic carbocycles. The zero-order valence-corrected chi connectivity index (χ0v) is 17.2. The van der Waals surface area contributed by atoms with Gasteiger partial charge in [0.25, 0.3) is 5.91 Å². The van der Waals surface area contributed by atoms with Crippen molar-refractivity contribution >= 4 is 27.7 Å². The van der Waals surface area contributed by atoms with Gasteiger partial charge in [-0.05, 0) is 58.7 Å². The van der Waals surface area contributed by atoms with E-state index in [-0.39, 0.29) is 30.5 Å². The van der Waals surface area contributed by atoms with E-state index in [0.717, 1.165) is 17.3 Å². The Labute approximate surface area is 175 Å². The van der Waals surface area contributed by atoms with E-state index in [2.05, 4.69) is 36.6 Å². The second-order valence-electron chi connectivity index (χ2n) is 6.35. The van der Waals surface area contributed by atoms with Crippen LogP contribution in [0.5, 0.6) is 0 Å². The van der Waals surface area contributed by atoms with Crippen molar-refractivity contribution in [3.05, 3.63) is 76.5 Å². The lowest BCUT2D eigenvalue weighted by molar-refractivity contribution is -0.121. The molecule has 1 heterocycles. The first kappa shape index (κ1) is 20.7. The van der Waals surface area contributed by atoms with E-state index in [4.69, 9.17) is 0 Å². The third kappa shape index (κ3) is 5.47. The van der Waals surface area contributed by atoms with Crippen LogP contribution in [0.3, 0.4) is 0 Å². The molecule has 2 amide bonds. The molecule has 2 N–H and O–H groups in total. The molecule has 0 saturated heterocycles. The first-order valence-corrected chi connectivity index (χ1v) is 9.71. The molecule has 0 radical (unpaired) electrons. The van der Waals surface area contributed by atoms with Crippen LogP contribution in [0.15, 0.2) is 59.6 Å². The Morgan fingerprint density at radius 1 is 1.21 bits per heavy atom. The number of rotatable bonds is 7. The number of hydrogen-bond donors (Lipinski definition) is 2. The fourth-order valence-electron chi connectivity index (χ4n) is 2.71. The number of halogens is 2. The van der Waals surface area contributed by atoms with Crippen LogP contribution in [-0.2, 0) is 4.79 Å². The summed E-state index contributed by atoms with van der Waals surface area (Å²) in [6.07, 6.45) is 3.18. The van der Waals surface area contributed by atoms with E-state index < -0.39 is 11.7 Å². The molecule has 1 unspecified atom stereocenters. The van der Waals surface area contributed by atoms with Crippen LogP contribution in [0.2, 0.25) is 0 Å². The van der Waals surface area contributed by atoms with Gasteiger partial charge >= 0.3 is 0 Å². The molecule has 0 saturated carbocycles. The fraction of sp³-hybridized carbons (Fsp3) is 0.200. The predicted octanol–water partition coefficient (Wildman–Crippen LogP) is 3.17. The first-order valence-electron chi connectivity index (χ1n) is 8.91. The maximum Gasteiger partial charge on any atom is 0.252 e. The summed E-state index contributed by atoms with van der Waals surface area (Å²) in [5.41, 5.74) is 2.00. The van der Waals surface area contributed by atoms with Gasteiger partial charge in [0.1, 0.15) is 18.5 Å². The van der Waals surface area contributed by atoms with Crippen molar-refractivity contribution in [3.63, 3.8) is 0 Å². The van der Waals surface area contributed by atoms with Gasteiger partial charge in [0.2, 0.25) is 5.91 Å². The van der Waals surface area contributed by atoms with Gasteiger partial charge in [-0.25, -0.2) is 14.1 Å². The van der Waals surface area contributed by atoms with Crippen molar-refractivity contribution in [2.24, 2.45) is 0 Å². The fourth-order valence-corrected chi connectivity index (χ4v) is 3.14. The summed E-state index contributed by atoms with van der Waals surface area (Å²) < 4.78 is 15.4. The lowest BCUT2D eigenvalue weighted by atomic mass is 10.1. The van der Waals surface area contributed by atoms with Crippen LogP contribution < -0.4 is 10.6 Å². The first-order chi connectivity index (χ1) is 13.9. The van der Waals surface area contributed by atoms with Gasteiger partial charge in [-0.15, -0.1) is 0 Å². The van der Waals surface area contributed by atoms with Crippen molar-refractivity contribution < 1.29 is 14.0 Å². The Morgan fingerprint density at radius 3 is 2.66 bits per heavy atom. The smallest absolute Gasteiger partial charge is 0.252 e. The highest BCUT2D eigenvalue weighted by molar-refractivity contribution is 9.10. The maximum absolute atomic E-state index is 13.3. The van der Waals surface area contributed by atoms with Gasteiger partial charge in [0.15, 0.2) is 0 Å². The Bertz CT molecular complexity index is 993. The Morgan fingerprint density at radius 2 is 1.97 bits per heavy atom. The number of carbonyl (C=O) groups excluding carboxylic acids is 2. The van der Waals surface area contributed by atoms with E-state index >= 15 is 0 Å². The van der Waals surface area contributed by atoms with Gasteiger partial charge < -0.3 is 10.6 Å². The van der Waals surface area contributed by atoms with Gasteiger partial charge in [-0.2, -0.15) is 5.10 Å². The predicted molar refractivity (Wildman–Crippen MR) is 109 cm³/mol. The quantitative estimate of drug-likeness (QED) is 0.567. The zero-order valence-electron chi connectivity index (χ0n) is 15.6. The minimum absolute atomic E-state index is 0.111. The number of aromatic nitrogens is 3.